The molecule has 0 bridgehead atoms. The van der Waals surface area contributed by atoms with Crippen LogP contribution in [0.3, 0.4) is 0 Å². The molecule has 1 amide bonds. The number of aromatic nitrogens is 6. The average Bonchev–Trinajstić information content (AvgIpc) is 3.17. The third-order valence-electron chi connectivity index (χ3n) is 4.74. The zero-order chi connectivity index (χ0) is 20.6. The summed E-state index contributed by atoms with van der Waals surface area (Å²) in [5, 5.41) is 7.21. The van der Waals surface area contributed by atoms with Crippen molar-refractivity contribution < 1.29 is 4.79 Å². The first-order valence-corrected chi connectivity index (χ1v) is 9.07. The van der Waals surface area contributed by atoms with Gasteiger partial charge in [0.1, 0.15) is 6.54 Å². The molecule has 0 saturated heterocycles. The van der Waals surface area contributed by atoms with Crippen molar-refractivity contribution >= 4 is 17.1 Å². The largest absolute Gasteiger partial charge is 0.354 e. The second kappa shape index (κ2) is 7.45. The molecular formula is C18H25N7O3. The number of carbonyl (C=O) groups is 1. The molecule has 0 aromatic carbocycles. The van der Waals surface area contributed by atoms with Crippen molar-refractivity contribution in [1.29, 1.82) is 0 Å². The van der Waals surface area contributed by atoms with Crippen LogP contribution in [0.4, 0.5) is 0 Å². The zero-order valence-electron chi connectivity index (χ0n) is 16.8. The number of nitrogens with one attached hydrogen (secondary N) is 1. The van der Waals surface area contributed by atoms with Gasteiger partial charge in [-0.2, -0.15) is 5.10 Å². The van der Waals surface area contributed by atoms with E-state index >= 15 is 0 Å². The maximum absolute atomic E-state index is 12.6. The summed E-state index contributed by atoms with van der Waals surface area (Å²) in [5.41, 5.74) is 1.51. The summed E-state index contributed by atoms with van der Waals surface area (Å²) in [6.07, 6.45) is 1.47. The number of aryl methyl sites for hydroxylation is 4. The normalized spacial score (nSPS) is 12.5. The van der Waals surface area contributed by atoms with Crippen molar-refractivity contribution in [3.63, 3.8) is 0 Å². The highest BCUT2D eigenvalue weighted by Crippen LogP contribution is 2.06. The third kappa shape index (κ3) is 3.62. The van der Waals surface area contributed by atoms with Crippen molar-refractivity contribution in [2.45, 2.75) is 33.9 Å². The molecule has 3 aromatic heterocycles. The number of rotatable bonds is 6. The summed E-state index contributed by atoms with van der Waals surface area (Å²) in [4.78, 5) is 41.5. The first-order valence-electron chi connectivity index (χ1n) is 9.07. The maximum Gasteiger partial charge on any atom is 0.332 e. The van der Waals surface area contributed by atoms with Gasteiger partial charge in [-0.15, -0.1) is 0 Å². The number of imidazole rings is 1. The van der Waals surface area contributed by atoms with E-state index in [1.807, 2.05) is 31.5 Å². The van der Waals surface area contributed by atoms with Crippen molar-refractivity contribution in [2.75, 3.05) is 6.54 Å². The Morgan fingerprint density at radius 2 is 1.96 bits per heavy atom. The molecule has 3 heterocycles. The minimum atomic E-state index is -0.568. The van der Waals surface area contributed by atoms with Crippen LogP contribution >= 0.6 is 0 Å². The van der Waals surface area contributed by atoms with E-state index in [2.05, 4.69) is 15.4 Å². The van der Waals surface area contributed by atoms with E-state index in [4.69, 9.17) is 0 Å². The number of hydrogen-bond donors (Lipinski definition) is 1. The summed E-state index contributed by atoms with van der Waals surface area (Å²) in [7, 11) is 3.20. The van der Waals surface area contributed by atoms with Gasteiger partial charge in [-0.25, -0.2) is 14.3 Å². The van der Waals surface area contributed by atoms with Crippen LogP contribution in [0.2, 0.25) is 0 Å². The summed E-state index contributed by atoms with van der Waals surface area (Å²) in [5.74, 6) is -0.248. The number of fused-ring (bicyclic) bond motifs is 1. The maximum atomic E-state index is 12.6. The summed E-state index contributed by atoms with van der Waals surface area (Å²) in [6.45, 7) is 6.68. The van der Waals surface area contributed by atoms with E-state index in [0.29, 0.717) is 18.7 Å². The van der Waals surface area contributed by atoms with Gasteiger partial charge in [0.2, 0.25) is 5.91 Å². The quantitative estimate of drug-likeness (QED) is 0.625. The van der Waals surface area contributed by atoms with Gasteiger partial charge in [-0.05, 0) is 25.8 Å². The number of hydrogen-bond acceptors (Lipinski definition) is 5. The standard InChI is InChI=1S/C18H25N7O3/c1-11(8-25-13(3)6-12(2)21-25)7-19-14(26)9-24-17(27)15-16(20-10-22(15)4)23(5)18(24)28/h6,10-11H,7-9H2,1-5H3,(H,19,26). The molecule has 150 valence electrons. The van der Waals surface area contributed by atoms with Gasteiger partial charge in [0.25, 0.3) is 5.56 Å². The van der Waals surface area contributed by atoms with Gasteiger partial charge < -0.3 is 9.88 Å². The van der Waals surface area contributed by atoms with Crippen molar-refractivity contribution in [2.24, 2.45) is 20.0 Å². The van der Waals surface area contributed by atoms with Crippen LogP contribution in [0.5, 0.6) is 0 Å². The fourth-order valence-electron chi connectivity index (χ4n) is 3.24. The first-order chi connectivity index (χ1) is 13.2. The van der Waals surface area contributed by atoms with Crippen LogP contribution in [-0.2, 0) is 32.0 Å². The van der Waals surface area contributed by atoms with E-state index in [0.717, 1.165) is 16.0 Å². The van der Waals surface area contributed by atoms with Crippen LogP contribution in [0, 0.1) is 19.8 Å². The molecule has 0 aliphatic carbocycles. The van der Waals surface area contributed by atoms with Crippen molar-refractivity contribution in [3.8, 4) is 0 Å². The Bertz CT molecular complexity index is 1150. The van der Waals surface area contributed by atoms with Crippen LogP contribution < -0.4 is 16.6 Å². The predicted octanol–water partition coefficient (Wildman–Crippen LogP) is -0.300. The number of nitrogens with zero attached hydrogens (tertiary/aromatic N) is 6. The number of amides is 1. The molecule has 0 aliphatic rings. The molecular weight excluding hydrogens is 362 g/mol. The SMILES string of the molecule is Cc1cc(C)n(CC(C)CNC(=O)Cn2c(=O)c3c(ncn3C)n(C)c2=O)n1. The average molecular weight is 387 g/mol. The van der Waals surface area contributed by atoms with Gasteiger partial charge in [0.15, 0.2) is 11.2 Å². The lowest BCUT2D eigenvalue weighted by molar-refractivity contribution is -0.122. The second-order valence-corrected chi connectivity index (χ2v) is 7.28. The lowest BCUT2D eigenvalue weighted by Gasteiger charge is -2.14. The van der Waals surface area contributed by atoms with Gasteiger partial charge in [-0.1, -0.05) is 6.92 Å². The van der Waals surface area contributed by atoms with E-state index in [1.165, 1.54) is 17.9 Å². The van der Waals surface area contributed by atoms with Crippen LogP contribution in [-0.4, -0.2) is 40.9 Å². The molecule has 0 fully saturated rings. The molecule has 3 rings (SSSR count). The molecule has 1 unspecified atom stereocenters. The fraction of sp³-hybridized carbons (Fsp3) is 0.500. The molecule has 10 nitrogen and oxygen atoms in total. The lowest BCUT2D eigenvalue weighted by Crippen LogP contribution is -2.44. The Hall–Kier alpha value is -3.17. The number of carbonyl (C=O) groups excluding carboxylic acids is 1. The fourth-order valence-corrected chi connectivity index (χ4v) is 3.24. The molecule has 0 radical (unpaired) electrons. The second-order valence-electron chi connectivity index (χ2n) is 7.28. The van der Waals surface area contributed by atoms with Crippen molar-refractivity contribution in [3.05, 3.63) is 44.6 Å². The molecule has 3 aromatic rings. The first kappa shape index (κ1) is 19.6. The van der Waals surface area contributed by atoms with E-state index in [9.17, 15) is 14.4 Å². The molecule has 1 atom stereocenters. The molecule has 0 aliphatic heterocycles. The molecule has 0 saturated carbocycles. The Kier molecular flexibility index (Phi) is 5.21. The summed E-state index contributed by atoms with van der Waals surface area (Å²) >= 11 is 0. The smallest absolute Gasteiger partial charge is 0.332 e. The van der Waals surface area contributed by atoms with Gasteiger partial charge in [0, 0.05) is 32.9 Å². The van der Waals surface area contributed by atoms with Crippen LogP contribution in [0.25, 0.3) is 11.2 Å². The van der Waals surface area contributed by atoms with E-state index in [-0.39, 0.29) is 23.9 Å². The molecule has 1 N–H and O–H groups in total. The Labute approximate surface area is 161 Å². The van der Waals surface area contributed by atoms with Crippen LogP contribution in [0.1, 0.15) is 18.3 Å². The minimum absolute atomic E-state index is 0.140. The Morgan fingerprint density at radius 3 is 2.61 bits per heavy atom. The van der Waals surface area contributed by atoms with Crippen molar-refractivity contribution in [1.82, 2.24) is 33.8 Å². The third-order valence-corrected chi connectivity index (χ3v) is 4.74. The minimum Gasteiger partial charge on any atom is -0.354 e. The highest BCUT2D eigenvalue weighted by atomic mass is 16.2. The zero-order valence-corrected chi connectivity index (χ0v) is 16.8. The Morgan fingerprint density at radius 1 is 1.25 bits per heavy atom. The van der Waals surface area contributed by atoms with E-state index < -0.39 is 11.2 Å². The molecule has 28 heavy (non-hydrogen) atoms. The highest BCUT2D eigenvalue weighted by molar-refractivity contribution is 5.76. The lowest BCUT2D eigenvalue weighted by atomic mass is 10.2. The predicted molar refractivity (Wildman–Crippen MR) is 104 cm³/mol. The summed E-state index contributed by atoms with van der Waals surface area (Å²) < 4.78 is 5.66. The molecule has 10 heteroatoms. The topological polar surface area (TPSA) is 109 Å². The molecule has 0 spiro atoms. The monoisotopic (exact) mass is 387 g/mol. The van der Waals surface area contributed by atoms with Gasteiger partial charge in [0.05, 0.1) is 12.0 Å². The van der Waals surface area contributed by atoms with Gasteiger partial charge in [-0.3, -0.25) is 18.8 Å². The van der Waals surface area contributed by atoms with Gasteiger partial charge >= 0.3 is 5.69 Å². The Balaban J connectivity index is 1.70. The van der Waals surface area contributed by atoms with E-state index in [1.54, 1.807) is 11.6 Å². The summed E-state index contributed by atoms with van der Waals surface area (Å²) in [6, 6.07) is 2.00. The van der Waals surface area contributed by atoms with Crippen LogP contribution in [0.15, 0.2) is 22.0 Å². The highest BCUT2D eigenvalue weighted by Gasteiger charge is 2.17.